The van der Waals surface area contributed by atoms with Crippen LogP contribution >= 0.6 is 11.6 Å². The highest BCUT2D eigenvalue weighted by Gasteiger charge is 2.36. The molecule has 1 aromatic heterocycles. The predicted molar refractivity (Wildman–Crippen MR) is 75.6 cm³/mol. The standard InChI is InChI=1S/C13H16ClN3O3/c1-7(14)12-16-11-10(3-2-9(15-11)13(18)19)17(12)6-8-4-5-20-8/h2-3,7-8,12H,4-6H2,1H3,(H,15,16)(H,18,19)/t7-,8-,12?/m0/s1. The van der Waals surface area contributed by atoms with Gasteiger partial charge in [-0.15, -0.1) is 11.6 Å². The molecule has 3 atom stereocenters. The molecule has 3 heterocycles. The van der Waals surface area contributed by atoms with Crippen molar-refractivity contribution in [2.45, 2.75) is 31.0 Å². The van der Waals surface area contributed by atoms with E-state index in [9.17, 15) is 4.79 Å². The second kappa shape index (κ2) is 5.10. The maximum atomic E-state index is 11.0. The summed E-state index contributed by atoms with van der Waals surface area (Å²) in [5.41, 5.74) is 0.905. The van der Waals surface area contributed by atoms with E-state index in [1.165, 1.54) is 6.07 Å². The lowest BCUT2D eigenvalue weighted by Crippen LogP contribution is -2.48. The van der Waals surface area contributed by atoms with Crippen LogP contribution in [0.2, 0.25) is 0 Å². The summed E-state index contributed by atoms with van der Waals surface area (Å²) in [6.45, 7) is 3.43. The number of aromatic carboxylic acids is 1. The van der Waals surface area contributed by atoms with E-state index in [1.807, 2.05) is 6.92 Å². The molecule has 108 valence electrons. The Labute approximate surface area is 121 Å². The van der Waals surface area contributed by atoms with Gasteiger partial charge in [-0.3, -0.25) is 0 Å². The largest absolute Gasteiger partial charge is 0.477 e. The van der Waals surface area contributed by atoms with Crippen molar-refractivity contribution < 1.29 is 14.6 Å². The Kier molecular flexibility index (Phi) is 3.43. The monoisotopic (exact) mass is 297 g/mol. The molecule has 0 radical (unpaired) electrons. The number of carboxylic acid groups (broad SMARTS) is 1. The van der Waals surface area contributed by atoms with Crippen LogP contribution in [0, 0.1) is 0 Å². The first-order chi connectivity index (χ1) is 9.56. The number of nitrogens with one attached hydrogen (secondary N) is 1. The van der Waals surface area contributed by atoms with Crippen LogP contribution in [0.15, 0.2) is 12.1 Å². The van der Waals surface area contributed by atoms with Crippen molar-refractivity contribution in [1.82, 2.24) is 4.98 Å². The molecular formula is C13H16ClN3O3. The van der Waals surface area contributed by atoms with Crippen LogP contribution in [0.5, 0.6) is 0 Å². The topological polar surface area (TPSA) is 74.7 Å². The molecule has 7 heteroatoms. The van der Waals surface area contributed by atoms with Crippen molar-refractivity contribution in [3.8, 4) is 0 Å². The number of ether oxygens (including phenoxy) is 1. The second-order valence-electron chi connectivity index (χ2n) is 5.07. The number of pyridine rings is 1. The molecule has 6 nitrogen and oxygen atoms in total. The Balaban J connectivity index is 1.89. The van der Waals surface area contributed by atoms with Crippen LogP contribution in [0.3, 0.4) is 0 Å². The number of hydrogen-bond acceptors (Lipinski definition) is 5. The molecular weight excluding hydrogens is 282 g/mol. The van der Waals surface area contributed by atoms with E-state index in [2.05, 4.69) is 15.2 Å². The molecule has 0 spiro atoms. The summed E-state index contributed by atoms with van der Waals surface area (Å²) in [7, 11) is 0. The zero-order chi connectivity index (χ0) is 14.3. The van der Waals surface area contributed by atoms with Crippen LogP contribution in [0.1, 0.15) is 23.8 Å². The summed E-state index contributed by atoms with van der Waals surface area (Å²) >= 11 is 6.23. The molecule has 1 aromatic rings. The van der Waals surface area contributed by atoms with Gasteiger partial charge >= 0.3 is 5.97 Å². The molecule has 0 aromatic carbocycles. The van der Waals surface area contributed by atoms with E-state index in [-0.39, 0.29) is 23.3 Å². The minimum Gasteiger partial charge on any atom is -0.477 e. The summed E-state index contributed by atoms with van der Waals surface area (Å²) < 4.78 is 5.47. The van der Waals surface area contributed by atoms with Crippen LogP contribution in [0.25, 0.3) is 0 Å². The smallest absolute Gasteiger partial charge is 0.354 e. The second-order valence-corrected chi connectivity index (χ2v) is 5.76. The molecule has 0 bridgehead atoms. The number of carbonyl (C=O) groups is 1. The molecule has 1 fully saturated rings. The van der Waals surface area contributed by atoms with Gasteiger partial charge in [-0.1, -0.05) is 0 Å². The number of rotatable bonds is 4. The fourth-order valence-electron chi connectivity index (χ4n) is 2.50. The number of aromatic nitrogens is 1. The van der Waals surface area contributed by atoms with Gasteiger partial charge in [0.15, 0.2) is 11.5 Å². The zero-order valence-electron chi connectivity index (χ0n) is 11.0. The van der Waals surface area contributed by atoms with E-state index in [4.69, 9.17) is 21.4 Å². The van der Waals surface area contributed by atoms with E-state index in [0.717, 1.165) is 25.3 Å². The Morgan fingerprint density at radius 3 is 3.00 bits per heavy atom. The van der Waals surface area contributed by atoms with Gasteiger partial charge in [0.25, 0.3) is 0 Å². The maximum absolute atomic E-state index is 11.0. The molecule has 3 rings (SSSR count). The number of nitrogens with zero attached hydrogens (tertiary/aromatic N) is 2. The van der Waals surface area contributed by atoms with Crippen LogP contribution in [-0.2, 0) is 4.74 Å². The van der Waals surface area contributed by atoms with E-state index < -0.39 is 5.97 Å². The maximum Gasteiger partial charge on any atom is 0.354 e. The van der Waals surface area contributed by atoms with Gasteiger partial charge in [-0.05, 0) is 25.5 Å². The van der Waals surface area contributed by atoms with Crippen molar-refractivity contribution in [3.05, 3.63) is 17.8 Å². The molecule has 2 N–H and O–H groups in total. The first kappa shape index (κ1) is 13.5. The molecule has 2 aliphatic rings. The Hall–Kier alpha value is -1.53. The molecule has 0 aliphatic carbocycles. The van der Waals surface area contributed by atoms with Crippen molar-refractivity contribution >= 4 is 29.1 Å². The SMILES string of the molecule is C[C@H](Cl)C1Nc2nc(C(=O)O)ccc2N1C[C@@H]1CCO1. The van der Waals surface area contributed by atoms with E-state index in [0.29, 0.717) is 5.82 Å². The van der Waals surface area contributed by atoms with Gasteiger partial charge in [-0.2, -0.15) is 0 Å². The Morgan fingerprint density at radius 2 is 2.45 bits per heavy atom. The van der Waals surface area contributed by atoms with Crippen molar-refractivity contribution in [3.63, 3.8) is 0 Å². The van der Waals surface area contributed by atoms with E-state index in [1.54, 1.807) is 6.07 Å². The van der Waals surface area contributed by atoms with Gasteiger partial charge in [0, 0.05) is 13.2 Å². The fourth-order valence-corrected chi connectivity index (χ4v) is 2.70. The lowest BCUT2D eigenvalue weighted by Gasteiger charge is -2.35. The third kappa shape index (κ3) is 2.29. The first-order valence-electron chi connectivity index (χ1n) is 6.59. The minimum atomic E-state index is -1.04. The van der Waals surface area contributed by atoms with Crippen molar-refractivity contribution in [1.29, 1.82) is 0 Å². The average Bonchev–Trinajstić information content (AvgIpc) is 2.71. The quantitative estimate of drug-likeness (QED) is 0.825. The molecule has 1 unspecified atom stereocenters. The number of fused-ring (bicyclic) bond motifs is 1. The van der Waals surface area contributed by atoms with Crippen LogP contribution in [-0.4, -0.2) is 46.9 Å². The van der Waals surface area contributed by atoms with Gasteiger partial charge in [0.2, 0.25) is 0 Å². The lowest BCUT2D eigenvalue weighted by atomic mass is 10.1. The normalized spacial score (nSPS) is 25.6. The number of halogens is 1. The zero-order valence-corrected chi connectivity index (χ0v) is 11.8. The summed E-state index contributed by atoms with van der Waals surface area (Å²) in [4.78, 5) is 17.2. The average molecular weight is 298 g/mol. The van der Waals surface area contributed by atoms with E-state index >= 15 is 0 Å². The van der Waals surface area contributed by atoms with Gasteiger partial charge in [0.05, 0.1) is 17.2 Å². The highest BCUT2D eigenvalue weighted by molar-refractivity contribution is 6.21. The first-order valence-corrected chi connectivity index (χ1v) is 7.03. The summed E-state index contributed by atoms with van der Waals surface area (Å²) in [5, 5.41) is 12.1. The van der Waals surface area contributed by atoms with Crippen molar-refractivity contribution in [2.24, 2.45) is 0 Å². The van der Waals surface area contributed by atoms with Gasteiger partial charge in [-0.25, -0.2) is 9.78 Å². The molecule has 1 saturated heterocycles. The van der Waals surface area contributed by atoms with Gasteiger partial charge < -0.3 is 20.1 Å². The molecule has 0 amide bonds. The number of anilines is 2. The third-order valence-electron chi connectivity index (χ3n) is 3.65. The van der Waals surface area contributed by atoms with Crippen LogP contribution in [0.4, 0.5) is 11.5 Å². The molecule has 2 aliphatic heterocycles. The summed E-state index contributed by atoms with van der Waals surface area (Å²) in [6, 6.07) is 3.29. The number of carboxylic acids is 1. The fraction of sp³-hybridized carbons (Fsp3) is 0.538. The lowest BCUT2D eigenvalue weighted by molar-refractivity contribution is -0.0449. The Morgan fingerprint density at radius 1 is 1.70 bits per heavy atom. The Bertz CT molecular complexity index is 534. The summed E-state index contributed by atoms with van der Waals surface area (Å²) in [5.74, 6) is -0.465. The highest BCUT2D eigenvalue weighted by atomic mass is 35.5. The van der Waals surface area contributed by atoms with Crippen molar-refractivity contribution in [2.75, 3.05) is 23.4 Å². The predicted octanol–water partition coefficient (Wildman–Crippen LogP) is 1.75. The highest BCUT2D eigenvalue weighted by Crippen LogP contribution is 2.36. The van der Waals surface area contributed by atoms with Gasteiger partial charge in [0.1, 0.15) is 6.17 Å². The third-order valence-corrected chi connectivity index (χ3v) is 3.89. The molecule has 20 heavy (non-hydrogen) atoms. The number of alkyl halides is 1. The molecule has 0 saturated carbocycles. The minimum absolute atomic E-state index is 0.0268. The van der Waals surface area contributed by atoms with Crippen LogP contribution < -0.4 is 10.2 Å². The number of hydrogen-bond donors (Lipinski definition) is 2. The summed E-state index contributed by atoms with van der Waals surface area (Å²) in [6.07, 6.45) is 1.14.